The van der Waals surface area contributed by atoms with Gasteiger partial charge in [-0.2, -0.15) is 0 Å². The highest BCUT2D eigenvalue weighted by atomic mass is 31.2. The summed E-state index contributed by atoms with van der Waals surface area (Å²) in [5, 5.41) is 49.3. The van der Waals surface area contributed by atoms with E-state index in [9.17, 15) is 0 Å². The fourth-order valence-corrected chi connectivity index (χ4v) is 1.20. The van der Waals surface area contributed by atoms with Gasteiger partial charge in [0, 0.05) is 39.6 Å². The van der Waals surface area contributed by atoms with Crippen molar-refractivity contribution in [1.29, 1.82) is 0 Å². The quantitative estimate of drug-likeness (QED) is 0.157. The van der Waals surface area contributed by atoms with Crippen molar-refractivity contribution in [3.63, 3.8) is 0 Å². The van der Waals surface area contributed by atoms with Gasteiger partial charge in [-0.3, -0.25) is 0 Å². The maximum absolute atomic E-state index is 8.21. The first-order valence-corrected chi connectivity index (χ1v) is 9.70. The van der Waals surface area contributed by atoms with Crippen LogP contribution in [-0.2, 0) is 0 Å². The third kappa shape index (κ3) is 80.5. The summed E-state index contributed by atoms with van der Waals surface area (Å²) in [5.74, 6) is 0. The molecule has 0 saturated carbocycles. The van der Waals surface area contributed by atoms with E-state index < -0.39 is 8.60 Å². The summed E-state index contributed by atoms with van der Waals surface area (Å²) in [7, 11) is -2.62. The highest BCUT2D eigenvalue weighted by Gasteiger charge is 1.83. The third-order valence-electron chi connectivity index (χ3n) is 2.45. The van der Waals surface area contributed by atoms with Gasteiger partial charge in [0.15, 0.2) is 0 Å². The highest BCUT2D eigenvalue weighted by Crippen LogP contribution is 2.11. The lowest BCUT2D eigenvalue weighted by atomic mass is 10.2. The van der Waals surface area contributed by atoms with Crippen LogP contribution in [0.15, 0.2) is 0 Å². The molecule has 0 amide bonds. The van der Waals surface area contributed by atoms with Gasteiger partial charge in [0.05, 0.1) is 0 Å². The lowest BCUT2D eigenvalue weighted by Gasteiger charge is -1.90. The van der Waals surface area contributed by atoms with Gasteiger partial charge in [-0.25, -0.2) is 0 Å². The smallest absolute Gasteiger partial charge is 0.324 e. The summed E-state index contributed by atoms with van der Waals surface area (Å²) in [6, 6.07) is 0. The normalized spacial score (nSPS) is 9.36. The third-order valence-corrected chi connectivity index (χ3v) is 2.45. The molecule has 0 saturated heterocycles. The number of unbranched alkanes of at least 4 members (excludes halogenated alkanes) is 6. The Morgan fingerprint density at radius 1 is 0.320 bits per heavy atom. The number of rotatable bonds is 12. The first kappa shape index (κ1) is 32.7. The molecule has 0 spiro atoms. The second-order valence-electron chi connectivity index (χ2n) is 4.79. The van der Waals surface area contributed by atoms with Crippen molar-refractivity contribution >= 4 is 8.60 Å². The Morgan fingerprint density at radius 2 is 0.440 bits per heavy atom. The summed E-state index contributed by atoms with van der Waals surface area (Å²) in [4.78, 5) is 21.7. The van der Waals surface area contributed by atoms with E-state index in [4.69, 9.17) is 45.3 Å². The average Bonchev–Trinajstić information content (AvgIpc) is 2.57. The van der Waals surface area contributed by atoms with E-state index >= 15 is 0 Å². The van der Waals surface area contributed by atoms with Crippen molar-refractivity contribution < 1.29 is 45.3 Å². The van der Waals surface area contributed by atoms with Crippen LogP contribution >= 0.6 is 8.60 Å². The minimum absolute atomic E-state index is 0.250. The lowest BCUT2D eigenvalue weighted by Crippen LogP contribution is -1.85. The van der Waals surface area contributed by atoms with Crippen LogP contribution in [0.4, 0.5) is 0 Å². The van der Waals surface area contributed by atoms with Crippen molar-refractivity contribution in [3.8, 4) is 0 Å². The Bertz CT molecular complexity index is 139. The Labute approximate surface area is 152 Å². The largest absolute Gasteiger partial charge is 0.396 e. The summed E-state index contributed by atoms with van der Waals surface area (Å²) < 4.78 is 0. The van der Waals surface area contributed by atoms with Crippen LogP contribution in [-0.4, -0.2) is 85.0 Å². The average molecular weight is 394 g/mol. The molecular formula is C15H39O9P. The number of aliphatic hydroxyl groups is 6. The lowest BCUT2D eigenvalue weighted by molar-refractivity contribution is 0.256. The molecular weight excluding hydrogens is 355 g/mol. The molecule has 0 aromatic rings. The zero-order chi connectivity index (χ0) is 20.2. The first-order chi connectivity index (χ1) is 12.0. The second-order valence-corrected chi connectivity index (χ2v) is 5.33. The van der Waals surface area contributed by atoms with Gasteiger partial charge in [0.1, 0.15) is 0 Å². The maximum Gasteiger partial charge on any atom is 0.324 e. The minimum atomic E-state index is -2.62. The molecule has 0 aromatic heterocycles. The van der Waals surface area contributed by atoms with Gasteiger partial charge in [-0.15, -0.1) is 0 Å². The van der Waals surface area contributed by atoms with E-state index in [-0.39, 0.29) is 39.6 Å². The number of hydrogen-bond donors (Lipinski definition) is 9. The van der Waals surface area contributed by atoms with Gasteiger partial charge in [-0.1, -0.05) is 0 Å². The molecule has 0 aliphatic rings. The standard InChI is InChI=1S/3C5H12O2.H3O3P/c3*6-4-2-1-3-5-7;1-4(2)3/h3*6-7H,1-5H2;1-3H. The SMILES string of the molecule is OCCCCCO.OCCCCCO.OCCCCCO.OP(O)O. The molecule has 9 nitrogen and oxygen atoms in total. The Kier molecular flexibility index (Phi) is 51.3. The van der Waals surface area contributed by atoms with Crippen LogP contribution in [0.2, 0.25) is 0 Å². The molecule has 0 atom stereocenters. The summed E-state index contributed by atoms with van der Waals surface area (Å²) in [6.45, 7) is 1.50. The summed E-state index contributed by atoms with van der Waals surface area (Å²) in [6.07, 6.45) is 7.73. The molecule has 0 unspecified atom stereocenters. The van der Waals surface area contributed by atoms with Crippen molar-refractivity contribution in [2.75, 3.05) is 39.6 Å². The fourth-order valence-electron chi connectivity index (χ4n) is 1.20. The van der Waals surface area contributed by atoms with E-state index in [1.54, 1.807) is 0 Å². The van der Waals surface area contributed by atoms with Crippen molar-refractivity contribution in [3.05, 3.63) is 0 Å². The van der Waals surface area contributed by atoms with Crippen LogP contribution in [0.25, 0.3) is 0 Å². The summed E-state index contributed by atoms with van der Waals surface area (Å²) in [5.41, 5.74) is 0. The first-order valence-electron chi connectivity index (χ1n) is 8.50. The zero-order valence-electron chi connectivity index (χ0n) is 15.1. The van der Waals surface area contributed by atoms with Crippen molar-refractivity contribution in [2.45, 2.75) is 57.8 Å². The molecule has 0 rings (SSSR count). The molecule has 0 radical (unpaired) electrons. The van der Waals surface area contributed by atoms with Gasteiger partial charge >= 0.3 is 8.60 Å². The molecule has 0 heterocycles. The molecule has 25 heavy (non-hydrogen) atoms. The molecule has 0 fully saturated rings. The van der Waals surface area contributed by atoms with Crippen LogP contribution in [0.5, 0.6) is 0 Å². The molecule has 0 bridgehead atoms. The van der Waals surface area contributed by atoms with Gasteiger partial charge in [-0.05, 0) is 57.8 Å². The Morgan fingerprint density at radius 3 is 0.520 bits per heavy atom. The molecule has 158 valence electrons. The van der Waals surface area contributed by atoms with Gasteiger partial charge in [0.25, 0.3) is 0 Å². The van der Waals surface area contributed by atoms with E-state index in [0.717, 1.165) is 57.8 Å². The predicted molar refractivity (Wildman–Crippen MR) is 97.6 cm³/mol. The molecule has 9 N–H and O–H groups in total. The van der Waals surface area contributed by atoms with Crippen LogP contribution in [0.1, 0.15) is 57.8 Å². The number of aliphatic hydroxyl groups excluding tert-OH is 6. The second kappa shape index (κ2) is 39.2. The van der Waals surface area contributed by atoms with E-state index in [1.807, 2.05) is 0 Å². The molecule has 0 aromatic carbocycles. The predicted octanol–water partition coefficient (Wildman–Crippen LogP) is -0.386. The Hall–Kier alpha value is 0.0700. The van der Waals surface area contributed by atoms with Gasteiger partial charge in [0.2, 0.25) is 0 Å². The van der Waals surface area contributed by atoms with Crippen LogP contribution in [0.3, 0.4) is 0 Å². The molecule has 10 heteroatoms. The Balaban J connectivity index is -0.000000120. The van der Waals surface area contributed by atoms with Crippen molar-refractivity contribution in [1.82, 2.24) is 0 Å². The van der Waals surface area contributed by atoms with E-state index in [2.05, 4.69) is 0 Å². The zero-order valence-corrected chi connectivity index (χ0v) is 16.0. The summed E-state index contributed by atoms with van der Waals surface area (Å²) >= 11 is 0. The van der Waals surface area contributed by atoms with Crippen LogP contribution < -0.4 is 0 Å². The van der Waals surface area contributed by atoms with Gasteiger partial charge < -0.3 is 45.3 Å². The number of hydrogen-bond acceptors (Lipinski definition) is 9. The van der Waals surface area contributed by atoms with E-state index in [1.165, 1.54) is 0 Å². The molecule has 0 aliphatic heterocycles. The fraction of sp³-hybridized carbons (Fsp3) is 1.00. The van der Waals surface area contributed by atoms with Crippen LogP contribution in [0, 0.1) is 0 Å². The molecule has 0 aliphatic carbocycles. The van der Waals surface area contributed by atoms with Crippen molar-refractivity contribution in [2.24, 2.45) is 0 Å². The maximum atomic E-state index is 8.21. The van der Waals surface area contributed by atoms with E-state index in [0.29, 0.717) is 0 Å². The topological polar surface area (TPSA) is 182 Å². The highest BCUT2D eigenvalue weighted by molar-refractivity contribution is 7.38. The minimum Gasteiger partial charge on any atom is -0.396 e. The monoisotopic (exact) mass is 394 g/mol.